The molecule has 0 aliphatic carbocycles. The average Bonchev–Trinajstić information content (AvgIpc) is 3.18. The van der Waals surface area contributed by atoms with Crippen molar-refractivity contribution >= 4 is 36.9 Å². The molecule has 2 aromatic rings. The summed E-state index contributed by atoms with van der Waals surface area (Å²) in [6.45, 7) is 29.1. The van der Waals surface area contributed by atoms with Gasteiger partial charge in [0.2, 0.25) is 0 Å². The molecule has 15 nitrogen and oxygen atoms in total. The predicted molar refractivity (Wildman–Crippen MR) is 249 cm³/mol. The Bertz CT molecular complexity index is 1640. The maximum atomic E-state index is 12.5. The fourth-order valence-electron chi connectivity index (χ4n) is 4.89. The Morgan fingerprint density at radius 1 is 0.429 bits per heavy atom. The Hall–Kier alpha value is -1.67. The molecular weight excluding hydrogens is 889 g/mol. The summed E-state index contributed by atoms with van der Waals surface area (Å²) in [6, 6.07) is 12.7. The molecule has 0 radical (unpaired) electrons. The average molecular weight is 967 g/mol. The van der Waals surface area contributed by atoms with E-state index in [-0.39, 0.29) is 78.8 Å². The molecule has 19 heteroatoms. The van der Waals surface area contributed by atoms with Crippen LogP contribution in [0.15, 0.2) is 58.3 Å². The summed E-state index contributed by atoms with van der Waals surface area (Å²) in [5.74, 6) is 0. The highest BCUT2D eigenvalue weighted by Crippen LogP contribution is 2.37. The number of hydrogen-bond donors (Lipinski definition) is 0. The van der Waals surface area contributed by atoms with Gasteiger partial charge in [-0.25, -0.2) is 0 Å². The number of benzene rings is 2. The van der Waals surface area contributed by atoms with Crippen LogP contribution in [0.5, 0.6) is 0 Å². The monoisotopic (exact) mass is 966 g/mol. The van der Waals surface area contributed by atoms with Gasteiger partial charge < -0.3 is 42.0 Å². The van der Waals surface area contributed by atoms with Crippen LogP contribution in [0.2, 0.25) is 36.3 Å². The smallest absolute Gasteiger partial charge is 0.297 e. The lowest BCUT2D eigenvalue weighted by Gasteiger charge is -2.36. The first kappa shape index (κ1) is 57.5. The van der Waals surface area contributed by atoms with Crippen molar-refractivity contribution in [3.8, 4) is 0 Å². The lowest BCUT2D eigenvalue weighted by atomic mass is 10.2. The molecule has 0 unspecified atom stereocenters. The van der Waals surface area contributed by atoms with E-state index < -0.39 is 43.0 Å². The van der Waals surface area contributed by atoms with Gasteiger partial charge in [-0.15, -0.1) is 0 Å². The molecule has 0 atom stereocenters. The van der Waals surface area contributed by atoms with Crippen LogP contribution in [-0.2, 0) is 70.6 Å². The molecule has 0 amide bonds. The first-order valence-electron chi connectivity index (χ1n) is 21.7. The first-order chi connectivity index (χ1) is 29.4. The van der Waals surface area contributed by atoms with Crippen LogP contribution >= 0.6 is 0 Å². The lowest BCUT2D eigenvalue weighted by Crippen LogP contribution is -2.42. The molecule has 0 saturated carbocycles. The Morgan fingerprint density at radius 2 is 0.714 bits per heavy atom. The molecule has 0 N–H and O–H groups in total. The largest absolute Gasteiger partial charge is 0.414 e. The molecular formula is C44H78O15S2Si2. The van der Waals surface area contributed by atoms with Gasteiger partial charge in [0.05, 0.1) is 116 Å². The molecule has 0 saturated heterocycles. The normalized spacial score (nSPS) is 13.4. The van der Waals surface area contributed by atoms with Crippen LogP contribution in [0.25, 0.3) is 0 Å². The van der Waals surface area contributed by atoms with Gasteiger partial charge in [-0.05, 0) is 74.4 Å². The molecule has 63 heavy (non-hydrogen) atoms. The van der Waals surface area contributed by atoms with Crippen molar-refractivity contribution in [2.75, 3.05) is 106 Å². The molecule has 0 aliphatic heterocycles. The van der Waals surface area contributed by atoms with Crippen LogP contribution in [0, 0.1) is 13.8 Å². The molecule has 2 aromatic carbocycles. The van der Waals surface area contributed by atoms with E-state index in [0.29, 0.717) is 52.9 Å². The fourth-order valence-corrected chi connectivity index (χ4v) is 8.73. The molecule has 0 heterocycles. The van der Waals surface area contributed by atoms with Gasteiger partial charge in [0, 0.05) is 0 Å². The van der Waals surface area contributed by atoms with Crippen molar-refractivity contribution < 1.29 is 67.2 Å². The fraction of sp³-hybridized carbons (Fsp3) is 0.727. The van der Waals surface area contributed by atoms with E-state index in [1.54, 1.807) is 24.3 Å². The molecule has 0 bridgehead atoms. The van der Waals surface area contributed by atoms with E-state index in [9.17, 15) is 16.8 Å². The van der Waals surface area contributed by atoms with Crippen LogP contribution in [0.1, 0.15) is 52.7 Å². The van der Waals surface area contributed by atoms with Crippen LogP contribution < -0.4 is 0 Å². The second kappa shape index (κ2) is 27.8. The summed E-state index contributed by atoms with van der Waals surface area (Å²) in [5.41, 5.74) is 1.86. The minimum absolute atomic E-state index is 0.0292. The third-order valence-corrected chi connectivity index (χ3v) is 22.7. The highest BCUT2D eigenvalue weighted by molar-refractivity contribution is 7.87. The van der Waals surface area contributed by atoms with E-state index in [0.717, 1.165) is 11.1 Å². The van der Waals surface area contributed by atoms with E-state index in [4.69, 9.17) is 50.4 Å². The Balaban J connectivity index is 1.84. The number of rotatable bonds is 34. The SMILES string of the molecule is Cc1ccc(S(=O)(=O)OCCOCC(COCCOS(=O)(=O)c2ccc(C)cc2)OCCOCCOC(COCCO[Si](C)(C)C(C)(C)C)COCCO[Si](C)(C)C(C)(C)C)cc1. The number of hydrogen-bond acceptors (Lipinski definition) is 15. The first-order valence-corrected chi connectivity index (χ1v) is 30.3. The summed E-state index contributed by atoms with van der Waals surface area (Å²) >= 11 is 0. The minimum atomic E-state index is -3.94. The lowest BCUT2D eigenvalue weighted by molar-refractivity contribution is -0.0919. The van der Waals surface area contributed by atoms with E-state index >= 15 is 0 Å². The Kier molecular flexibility index (Phi) is 25.4. The highest BCUT2D eigenvalue weighted by atomic mass is 32.2. The molecule has 0 aromatic heterocycles. The van der Waals surface area contributed by atoms with Gasteiger partial charge in [-0.1, -0.05) is 76.9 Å². The van der Waals surface area contributed by atoms with Crippen molar-refractivity contribution in [2.45, 2.75) is 114 Å². The van der Waals surface area contributed by atoms with Gasteiger partial charge in [0.15, 0.2) is 16.6 Å². The zero-order chi connectivity index (χ0) is 47.2. The third-order valence-electron chi connectivity index (χ3n) is 10.9. The van der Waals surface area contributed by atoms with Crippen LogP contribution in [-0.4, -0.2) is 151 Å². The highest BCUT2D eigenvalue weighted by Gasteiger charge is 2.37. The van der Waals surface area contributed by atoms with Gasteiger partial charge in [-0.2, -0.15) is 16.8 Å². The van der Waals surface area contributed by atoms with Gasteiger partial charge in [-0.3, -0.25) is 8.37 Å². The van der Waals surface area contributed by atoms with Gasteiger partial charge in [0.1, 0.15) is 12.2 Å². The summed E-state index contributed by atoms with van der Waals surface area (Å²) in [6.07, 6.45) is -0.914. The topological polar surface area (TPSA) is 170 Å². The Morgan fingerprint density at radius 3 is 1.02 bits per heavy atom. The van der Waals surface area contributed by atoms with Gasteiger partial charge >= 0.3 is 0 Å². The van der Waals surface area contributed by atoms with Crippen molar-refractivity contribution in [3.05, 3.63) is 59.7 Å². The van der Waals surface area contributed by atoms with E-state index in [1.165, 1.54) is 24.3 Å². The maximum absolute atomic E-state index is 12.5. The second-order valence-corrected chi connectivity index (χ2v) is 31.1. The summed E-state index contributed by atoms with van der Waals surface area (Å²) < 4.78 is 114. The Labute approximate surface area is 381 Å². The zero-order valence-electron chi connectivity index (χ0n) is 40.0. The van der Waals surface area contributed by atoms with Crippen LogP contribution in [0.3, 0.4) is 0 Å². The quantitative estimate of drug-likeness (QED) is 0.0388. The predicted octanol–water partition coefficient (Wildman–Crippen LogP) is 7.31. The molecule has 364 valence electrons. The second-order valence-electron chi connectivity index (χ2n) is 18.3. The van der Waals surface area contributed by atoms with Crippen molar-refractivity contribution in [1.82, 2.24) is 0 Å². The van der Waals surface area contributed by atoms with Crippen molar-refractivity contribution in [1.29, 1.82) is 0 Å². The van der Waals surface area contributed by atoms with Gasteiger partial charge in [0.25, 0.3) is 20.2 Å². The molecule has 0 fully saturated rings. The van der Waals surface area contributed by atoms with Crippen LogP contribution in [0.4, 0.5) is 0 Å². The molecule has 0 spiro atoms. The maximum Gasteiger partial charge on any atom is 0.297 e. The number of aryl methyl sites for hydroxylation is 2. The number of ether oxygens (including phenoxy) is 7. The minimum Gasteiger partial charge on any atom is -0.414 e. The van der Waals surface area contributed by atoms with E-state index in [2.05, 4.69) is 67.7 Å². The zero-order valence-corrected chi connectivity index (χ0v) is 43.7. The van der Waals surface area contributed by atoms with E-state index in [1.807, 2.05) is 13.8 Å². The van der Waals surface area contributed by atoms with Crippen molar-refractivity contribution in [3.63, 3.8) is 0 Å². The van der Waals surface area contributed by atoms with Crippen molar-refractivity contribution in [2.24, 2.45) is 0 Å². The summed E-state index contributed by atoms with van der Waals surface area (Å²) in [7, 11) is -11.7. The molecule has 2 rings (SSSR count). The summed E-state index contributed by atoms with van der Waals surface area (Å²) in [5, 5.41) is 0.227. The summed E-state index contributed by atoms with van der Waals surface area (Å²) in [4.78, 5) is 0.115. The third kappa shape index (κ3) is 23.1. The standard InChI is InChI=1S/C44H78O15S2Si2/c1-37-13-17-41(18-14-37)60(45,46)56-29-23-50-33-39(34-51-24-30-57-61(47,48)42-19-15-38(2)16-20-42)54-27-21-49-22-28-55-40(35-52-25-31-58-62(9,10)43(3,4)5)36-53-26-32-59-63(11,12)44(6,7)8/h13-20,39-40H,21-36H2,1-12H3. The molecule has 0 aliphatic rings.